The van der Waals surface area contributed by atoms with E-state index in [-0.39, 0.29) is 12.4 Å². The van der Waals surface area contributed by atoms with Gasteiger partial charge in [-0.05, 0) is 51.1 Å². The van der Waals surface area contributed by atoms with Crippen molar-refractivity contribution in [3.8, 4) is 0 Å². The maximum Gasteiger partial charge on any atom is 0.223 e. The predicted octanol–water partition coefficient (Wildman–Crippen LogP) is 2.95. The molecule has 1 atom stereocenters. The summed E-state index contributed by atoms with van der Waals surface area (Å²) in [7, 11) is 0. The number of carbonyl (C=O) groups excluding carboxylic acids is 1. The summed E-state index contributed by atoms with van der Waals surface area (Å²) in [6.07, 6.45) is 14.2. The Kier molecular flexibility index (Phi) is 7.92. The minimum Gasteiger partial charge on any atom is -0.335 e. The Morgan fingerprint density at radius 2 is 1.83 bits per heavy atom. The third-order valence-electron chi connectivity index (χ3n) is 5.21. The maximum absolute atomic E-state index is 13.0. The van der Waals surface area contributed by atoms with Crippen molar-refractivity contribution in [2.24, 2.45) is 5.92 Å². The molecule has 1 unspecified atom stereocenters. The van der Waals surface area contributed by atoms with Crippen molar-refractivity contribution >= 4 is 18.3 Å². The van der Waals surface area contributed by atoms with Crippen LogP contribution in [0.15, 0.2) is 18.7 Å². The van der Waals surface area contributed by atoms with Crippen LogP contribution in [0.1, 0.15) is 56.9 Å². The van der Waals surface area contributed by atoms with Gasteiger partial charge in [0.1, 0.15) is 6.33 Å². The normalized spacial score (nSPS) is 21.8. The van der Waals surface area contributed by atoms with Crippen LogP contribution in [0.3, 0.4) is 0 Å². The first kappa shape index (κ1) is 19.1. The number of hydrogen-bond donors (Lipinski definition) is 1. The number of rotatable bonds is 5. The van der Waals surface area contributed by atoms with Crippen LogP contribution in [0.4, 0.5) is 0 Å². The van der Waals surface area contributed by atoms with Gasteiger partial charge in [-0.25, -0.2) is 9.97 Å². The fourth-order valence-electron chi connectivity index (χ4n) is 3.92. The van der Waals surface area contributed by atoms with Gasteiger partial charge in [-0.15, -0.1) is 12.4 Å². The lowest BCUT2D eigenvalue weighted by molar-refractivity contribution is -0.135. The van der Waals surface area contributed by atoms with Gasteiger partial charge in [-0.3, -0.25) is 4.79 Å². The third kappa shape index (κ3) is 5.42. The van der Waals surface area contributed by atoms with Gasteiger partial charge in [0.25, 0.3) is 0 Å². The molecule has 24 heavy (non-hydrogen) atoms. The first-order valence-corrected chi connectivity index (χ1v) is 9.07. The Balaban J connectivity index is 0.00000208. The highest BCUT2D eigenvalue weighted by Gasteiger charge is 2.27. The van der Waals surface area contributed by atoms with Crippen LogP contribution in [-0.2, 0) is 11.3 Å². The van der Waals surface area contributed by atoms with Crippen molar-refractivity contribution in [3.63, 3.8) is 0 Å². The molecule has 0 radical (unpaired) electrons. The molecule has 2 aliphatic rings. The topological polar surface area (TPSA) is 58.1 Å². The van der Waals surface area contributed by atoms with E-state index in [1.807, 2.05) is 12.4 Å². The highest BCUT2D eigenvalue weighted by Crippen LogP contribution is 2.29. The molecule has 6 heteroatoms. The summed E-state index contributed by atoms with van der Waals surface area (Å²) in [6.45, 7) is 2.72. The lowest BCUT2D eigenvalue weighted by atomic mass is 10.0. The average Bonchev–Trinajstić information content (AvgIpc) is 2.93. The van der Waals surface area contributed by atoms with Gasteiger partial charge in [0, 0.05) is 37.0 Å². The zero-order chi connectivity index (χ0) is 15.9. The summed E-state index contributed by atoms with van der Waals surface area (Å²) in [5.41, 5.74) is 1.03. The van der Waals surface area contributed by atoms with Crippen LogP contribution >= 0.6 is 12.4 Å². The second-order valence-corrected chi connectivity index (χ2v) is 6.96. The van der Waals surface area contributed by atoms with E-state index in [0.717, 1.165) is 44.3 Å². The largest absolute Gasteiger partial charge is 0.335 e. The SMILES string of the molecule is Cl.O=C(CC1CCCC1)N(Cc1cncnc1)C1CCCNCC1. The number of halogens is 1. The first-order chi connectivity index (χ1) is 11.3. The molecule has 134 valence electrons. The molecule has 1 aliphatic carbocycles. The molecular weight excluding hydrogens is 324 g/mol. The van der Waals surface area contributed by atoms with Gasteiger partial charge in [-0.2, -0.15) is 0 Å². The summed E-state index contributed by atoms with van der Waals surface area (Å²) in [4.78, 5) is 23.3. The van der Waals surface area contributed by atoms with E-state index in [0.29, 0.717) is 24.4 Å². The molecule has 0 bridgehead atoms. The molecule has 2 fully saturated rings. The van der Waals surface area contributed by atoms with Crippen LogP contribution in [0.5, 0.6) is 0 Å². The Hall–Kier alpha value is -1.20. The van der Waals surface area contributed by atoms with Crippen molar-refractivity contribution in [1.82, 2.24) is 20.2 Å². The summed E-state index contributed by atoms with van der Waals surface area (Å²) in [5, 5.41) is 3.45. The zero-order valence-corrected chi connectivity index (χ0v) is 15.1. The zero-order valence-electron chi connectivity index (χ0n) is 14.3. The molecular formula is C18H29ClN4O. The van der Waals surface area contributed by atoms with Gasteiger partial charge in [0.2, 0.25) is 5.91 Å². The number of nitrogens with one attached hydrogen (secondary N) is 1. The lowest BCUT2D eigenvalue weighted by Crippen LogP contribution is -2.41. The number of nitrogens with zero attached hydrogens (tertiary/aromatic N) is 3. The smallest absolute Gasteiger partial charge is 0.223 e. The number of hydrogen-bond acceptors (Lipinski definition) is 4. The number of amides is 1. The highest BCUT2D eigenvalue weighted by molar-refractivity contribution is 5.85. The molecule has 1 saturated heterocycles. The lowest BCUT2D eigenvalue weighted by Gasteiger charge is -2.32. The van der Waals surface area contributed by atoms with E-state index in [4.69, 9.17) is 0 Å². The maximum atomic E-state index is 13.0. The second kappa shape index (κ2) is 9.94. The molecule has 1 aromatic heterocycles. The van der Waals surface area contributed by atoms with Crippen molar-refractivity contribution < 1.29 is 4.79 Å². The Labute approximate surface area is 151 Å². The predicted molar refractivity (Wildman–Crippen MR) is 96.9 cm³/mol. The quantitative estimate of drug-likeness (QED) is 0.885. The van der Waals surface area contributed by atoms with Gasteiger partial charge >= 0.3 is 0 Å². The molecule has 1 aliphatic heterocycles. The standard InChI is InChI=1S/C18H28N4O.ClH/c23-18(10-15-4-1-2-5-15)22(13-16-11-20-14-21-12-16)17-6-3-8-19-9-7-17;/h11-12,14-15,17,19H,1-10,13H2;1H. The summed E-state index contributed by atoms with van der Waals surface area (Å²) < 4.78 is 0. The molecule has 3 rings (SSSR count). The van der Waals surface area contributed by atoms with Crippen molar-refractivity contribution in [2.45, 2.75) is 64.0 Å². The van der Waals surface area contributed by atoms with Crippen molar-refractivity contribution in [3.05, 3.63) is 24.3 Å². The molecule has 1 saturated carbocycles. The fraction of sp³-hybridized carbons (Fsp3) is 0.722. The Morgan fingerprint density at radius 3 is 2.58 bits per heavy atom. The van der Waals surface area contributed by atoms with Crippen LogP contribution in [-0.4, -0.2) is 39.9 Å². The highest BCUT2D eigenvalue weighted by atomic mass is 35.5. The Morgan fingerprint density at radius 1 is 1.08 bits per heavy atom. The average molecular weight is 353 g/mol. The van der Waals surface area contributed by atoms with E-state index in [2.05, 4.69) is 20.2 Å². The number of aromatic nitrogens is 2. The van der Waals surface area contributed by atoms with Crippen LogP contribution in [0.2, 0.25) is 0 Å². The van der Waals surface area contributed by atoms with Crippen LogP contribution in [0.25, 0.3) is 0 Å². The first-order valence-electron chi connectivity index (χ1n) is 9.07. The third-order valence-corrected chi connectivity index (χ3v) is 5.21. The minimum atomic E-state index is 0. The Bertz CT molecular complexity index is 485. The van der Waals surface area contributed by atoms with Crippen LogP contribution < -0.4 is 5.32 Å². The second-order valence-electron chi connectivity index (χ2n) is 6.96. The molecule has 0 spiro atoms. The van der Waals surface area contributed by atoms with Gasteiger partial charge in [-0.1, -0.05) is 12.8 Å². The molecule has 1 amide bonds. The van der Waals surface area contributed by atoms with E-state index < -0.39 is 0 Å². The van der Waals surface area contributed by atoms with Gasteiger partial charge < -0.3 is 10.2 Å². The molecule has 1 N–H and O–H groups in total. The van der Waals surface area contributed by atoms with Crippen molar-refractivity contribution in [2.75, 3.05) is 13.1 Å². The molecule has 5 nitrogen and oxygen atoms in total. The summed E-state index contributed by atoms with van der Waals surface area (Å²) in [6, 6.07) is 0.346. The minimum absolute atomic E-state index is 0. The van der Waals surface area contributed by atoms with E-state index in [1.54, 1.807) is 6.33 Å². The molecule has 1 aromatic rings. The molecule has 2 heterocycles. The monoisotopic (exact) mass is 352 g/mol. The summed E-state index contributed by atoms with van der Waals surface area (Å²) >= 11 is 0. The van der Waals surface area contributed by atoms with Crippen LogP contribution in [0, 0.1) is 5.92 Å². The van der Waals surface area contributed by atoms with E-state index in [9.17, 15) is 4.79 Å². The molecule has 0 aromatic carbocycles. The number of carbonyl (C=O) groups is 1. The van der Waals surface area contributed by atoms with E-state index >= 15 is 0 Å². The fourth-order valence-corrected chi connectivity index (χ4v) is 3.92. The van der Waals surface area contributed by atoms with Gasteiger partial charge in [0.05, 0.1) is 0 Å². The van der Waals surface area contributed by atoms with Gasteiger partial charge in [0.15, 0.2) is 0 Å². The summed E-state index contributed by atoms with van der Waals surface area (Å²) in [5.74, 6) is 0.925. The van der Waals surface area contributed by atoms with E-state index in [1.165, 1.54) is 25.7 Å². The van der Waals surface area contributed by atoms with Crippen molar-refractivity contribution in [1.29, 1.82) is 0 Å².